The summed E-state index contributed by atoms with van der Waals surface area (Å²) in [6.45, 7) is 5.11. The van der Waals surface area contributed by atoms with E-state index >= 15 is 0 Å². The monoisotopic (exact) mass is 349 g/mol. The Hall–Kier alpha value is -2.14. The zero-order valence-corrected chi connectivity index (χ0v) is 14.7. The molecule has 6 heteroatoms. The second-order valence-corrected chi connectivity index (χ2v) is 6.65. The number of carbonyl (C=O) groups is 1. The number of halogens is 2. The van der Waals surface area contributed by atoms with Crippen molar-refractivity contribution in [1.82, 2.24) is 10.3 Å². The molecule has 2 aromatic rings. The molecule has 0 bridgehead atoms. The van der Waals surface area contributed by atoms with E-state index in [4.69, 9.17) is 11.6 Å². The van der Waals surface area contributed by atoms with Crippen molar-refractivity contribution in [3.05, 3.63) is 47.2 Å². The van der Waals surface area contributed by atoms with Gasteiger partial charge in [0, 0.05) is 22.8 Å². The predicted octanol–water partition coefficient (Wildman–Crippen LogP) is 4.97. The molecule has 1 aromatic carbocycles. The average Bonchev–Trinajstić information content (AvgIpc) is 2.48. The van der Waals surface area contributed by atoms with Crippen molar-refractivity contribution in [1.29, 1.82) is 0 Å². The summed E-state index contributed by atoms with van der Waals surface area (Å²) in [5.74, 6) is 0. The molecule has 24 heavy (non-hydrogen) atoms. The lowest BCUT2D eigenvalue weighted by Gasteiger charge is -2.15. The maximum Gasteiger partial charge on any atom is 0.319 e. The molecule has 0 spiro atoms. The molecule has 128 valence electrons. The summed E-state index contributed by atoms with van der Waals surface area (Å²) >= 11 is 6.03. The van der Waals surface area contributed by atoms with Crippen molar-refractivity contribution in [2.75, 3.05) is 11.9 Å². The number of pyridine rings is 1. The molecular weight excluding hydrogens is 329 g/mol. The molecular formula is C18H21ClFN3O. The van der Waals surface area contributed by atoms with Gasteiger partial charge in [0.1, 0.15) is 5.67 Å². The summed E-state index contributed by atoms with van der Waals surface area (Å²) in [4.78, 5) is 16.2. The molecule has 4 nitrogen and oxygen atoms in total. The Morgan fingerprint density at radius 2 is 2.08 bits per heavy atom. The van der Waals surface area contributed by atoms with E-state index in [0.717, 1.165) is 16.8 Å². The van der Waals surface area contributed by atoms with Gasteiger partial charge in [-0.3, -0.25) is 4.98 Å². The molecule has 2 amide bonds. The molecule has 0 atom stereocenters. The van der Waals surface area contributed by atoms with Crippen molar-refractivity contribution >= 4 is 23.3 Å². The Labute approximate surface area is 146 Å². The van der Waals surface area contributed by atoms with E-state index in [-0.39, 0.29) is 19.0 Å². The van der Waals surface area contributed by atoms with Gasteiger partial charge in [-0.25, -0.2) is 9.18 Å². The molecule has 0 saturated carbocycles. The first kappa shape index (κ1) is 18.2. The number of aromatic nitrogens is 1. The lowest BCUT2D eigenvalue weighted by atomic mass is 10.0. The Balaban J connectivity index is 2.07. The maximum atomic E-state index is 13.4. The smallest absolute Gasteiger partial charge is 0.319 e. The molecule has 0 unspecified atom stereocenters. The fourth-order valence-corrected chi connectivity index (χ4v) is 2.39. The van der Waals surface area contributed by atoms with E-state index in [1.165, 1.54) is 13.8 Å². The third-order valence-corrected chi connectivity index (χ3v) is 3.72. The second-order valence-electron chi connectivity index (χ2n) is 6.22. The van der Waals surface area contributed by atoms with Gasteiger partial charge in [-0.15, -0.1) is 0 Å². The Kier molecular flexibility index (Phi) is 5.78. The van der Waals surface area contributed by atoms with Gasteiger partial charge in [-0.1, -0.05) is 23.7 Å². The zero-order valence-electron chi connectivity index (χ0n) is 14.0. The number of rotatable bonds is 5. The molecule has 1 aromatic heterocycles. The normalized spacial score (nSPS) is 11.2. The van der Waals surface area contributed by atoms with Gasteiger partial charge in [-0.05, 0) is 51.0 Å². The van der Waals surface area contributed by atoms with Crippen molar-refractivity contribution in [2.45, 2.75) is 32.9 Å². The quantitative estimate of drug-likeness (QED) is 0.800. The number of nitrogens with zero attached hydrogens (tertiary/aromatic N) is 1. The minimum absolute atomic E-state index is 0.250. The number of carbonyl (C=O) groups excluding carboxylic acids is 1. The van der Waals surface area contributed by atoms with Crippen LogP contribution in [0.4, 0.5) is 14.9 Å². The summed E-state index contributed by atoms with van der Waals surface area (Å²) in [6.07, 6.45) is 1.84. The van der Waals surface area contributed by atoms with Crippen LogP contribution in [0, 0.1) is 6.92 Å². The van der Waals surface area contributed by atoms with Gasteiger partial charge < -0.3 is 10.6 Å². The van der Waals surface area contributed by atoms with Crippen molar-refractivity contribution in [2.24, 2.45) is 0 Å². The highest BCUT2D eigenvalue weighted by atomic mass is 35.5. The van der Waals surface area contributed by atoms with Crippen LogP contribution in [-0.2, 0) is 0 Å². The minimum atomic E-state index is -1.31. The highest BCUT2D eigenvalue weighted by Crippen LogP contribution is 2.27. The predicted molar refractivity (Wildman–Crippen MR) is 96.2 cm³/mol. The number of amides is 2. The van der Waals surface area contributed by atoms with Crippen molar-refractivity contribution in [3.8, 4) is 11.1 Å². The van der Waals surface area contributed by atoms with Gasteiger partial charge in [0.05, 0.1) is 11.9 Å². The molecule has 0 fully saturated rings. The third-order valence-electron chi connectivity index (χ3n) is 3.49. The molecule has 0 saturated heterocycles. The van der Waals surface area contributed by atoms with Crippen molar-refractivity contribution in [3.63, 3.8) is 0 Å². The van der Waals surface area contributed by atoms with Crippen LogP contribution in [0.2, 0.25) is 5.02 Å². The maximum absolute atomic E-state index is 13.4. The van der Waals surface area contributed by atoms with Gasteiger partial charge >= 0.3 is 6.03 Å². The van der Waals surface area contributed by atoms with Gasteiger partial charge in [0.2, 0.25) is 0 Å². The highest BCUT2D eigenvalue weighted by Gasteiger charge is 2.15. The van der Waals surface area contributed by atoms with Gasteiger partial charge in [0.25, 0.3) is 0 Å². The molecule has 2 rings (SSSR count). The van der Waals surface area contributed by atoms with E-state index in [9.17, 15) is 9.18 Å². The van der Waals surface area contributed by atoms with Crippen molar-refractivity contribution < 1.29 is 9.18 Å². The SMILES string of the molecule is Cc1ncc(NC(=O)NCCC(C)(C)F)cc1-c1cccc(Cl)c1. The number of anilines is 1. The first-order chi connectivity index (χ1) is 11.2. The lowest BCUT2D eigenvalue weighted by Crippen LogP contribution is -2.32. The largest absolute Gasteiger partial charge is 0.338 e. The number of nitrogens with one attached hydrogen (secondary N) is 2. The standard InChI is InChI=1S/C18H21ClFN3O/c1-12-16(13-5-4-6-14(19)9-13)10-15(11-22-12)23-17(24)21-8-7-18(2,3)20/h4-6,9-11H,7-8H2,1-3H3,(H2,21,23,24). The summed E-state index contributed by atoms with van der Waals surface area (Å²) in [7, 11) is 0. The molecule has 0 aliphatic heterocycles. The number of aryl methyl sites for hydroxylation is 1. The summed E-state index contributed by atoms with van der Waals surface area (Å²) in [5.41, 5.74) is 1.91. The van der Waals surface area contributed by atoms with Crippen LogP contribution >= 0.6 is 11.6 Å². The number of urea groups is 1. The van der Waals surface area contributed by atoms with Crippen LogP contribution < -0.4 is 10.6 Å². The zero-order chi connectivity index (χ0) is 17.7. The molecule has 0 aliphatic carbocycles. The minimum Gasteiger partial charge on any atom is -0.338 e. The van der Waals surface area contributed by atoms with E-state index in [0.29, 0.717) is 10.7 Å². The molecule has 0 aliphatic rings. The van der Waals surface area contributed by atoms with E-state index in [1.54, 1.807) is 12.3 Å². The molecule has 2 N–H and O–H groups in total. The van der Waals surface area contributed by atoms with Gasteiger partial charge in [-0.2, -0.15) is 0 Å². The summed E-state index contributed by atoms with van der Waals surface area (Å²) in [5, 5.41) is 5.98. The number of hydrogen-bond acceptors (Lipinski definition) is 2. The third kappa shape index (κ3) is 5.49. The fourth-order valence-electron chi connectivity index (χ4n) is 2.20. The van der Waals surface area contributed by atoms with Crippen LogP contribution in [0.15, 0.2) is 36.5 Å². The van der Waals surface area contributed by atoms with E-state index in [1.807, 2.05) is 31.2 Å². The van der Waals surface area contributed by atoms with Crippen LogP contribution in [-0.4, -0.2) is 23.2 Å². The average molecular weight is 350 g/mol. The number of alkyl halides is 1. The van der Waals surface area contributed by atoms with E-state index in [2.05, 4.69) is 15.6 Å². The fraction of sp³-hybridized carbons (Fsp3) is 0.333. The molecule has 1 heterocycles. The second kappa shape index (κ2) is 7.62. The lowest BCUT2D eigenvalue weighted by molar-refractivity contribution is 0.200. The Morgan fingerprint density at radius 1 is 1.33 bits per heavy atom. The van der Waals surface area contributed by atoms with Gasteiger partial charge in [0.15, 0.2) is 0 Å². The number of hydrogen-bond donors (Lipinski definition) is 2. The molecule has 0 radical (unpaired) electrons. The van der Waals surface area contributed by atoms with Crippen LogP contribution in [0.3, 0.4) is 0 Å². The summed E-state index contributed by atoms with van der Waals surface area (Å²) in [6, 6.07) is 8.90. The van der Waals surface area contributed by atoms with Crippen LogP contribution in [0.1, 0.15) is 26.0 Å². The Morgan fingerprint density at radius 3 is 2.75 bits per heavy atom. The van der Waals surface area contributed by atoms with E-state index < -0.39 is 5.67 Å². The van der Waals surface area contributed by atoms with Crippen LogP contribution in [0.5, 0.6) is 0 Å². The highest BCUT2D eigenvalue weighted by molar-refractivity contribution is 6.30. The first-order valence-corrected chi connectivity index (χ1v) is 8.09. The Bertz CT molecular complexity index is 728. The first-order valence-electron chi connectivity index (χ1n) is 7.71. The van der Waals surface area contributed by atoms with Crippen LogP contribution in [0.25, 0.3) is 11.1 Å². The summed E-state index contributed by atoms with van der Waals surface area (Å²) < 4.78 is 13.4. The topological polar surface area (TPSA) is 54.0 Å². The number of benzene rings is 1.